The molecule has 1 unspecified atom stereocenters. The highest BCUT2D eigenvalue weighted by Crippen LogP contribution is 2.20. The first-order valence-corrected chi connectivity index (χ1v) is 8.28. The Morgan fingerprint density at radius 3 is 2.48 bits per heavy atom. The summed E-state index contributed by atoms with van der Waals surface area (Å²) in [6.45, 7) is 4.05. The van der Waals surface area contributed by atoms with E-state index in [1.165, 1.54) is 5.56 Å². The summed E-state index contributed by atoms with van der Waals surface area (Å²) in [6, 6.07) is 21.6. The van der Waals surface area contributed by atoms with E-state index in [1.807, 2.05) is 55.5 Å². The largest absolute Gasteiger partial charge is 0.378 e. The Morgan fingerprint density at radius 1 is 1.00 bits per heavy atom. The van der Waals surface area contributed by atoms with Crippen molar-refractivity contribution in [1.29, 1.82) is 0 Å². The second-order valence-electron chi connectivity index (χ2n) is 5.98. The number of nitrogens with zero attached hydrogens (tertiary/aromatic N) is 1. The number of carbonyl (C=O) groups is 1. The highest BCUT2D eigenvalue weighted by Gasteiger charge is 2.11. The fourth-order valence-corrected chi connectivity index (χ4v) is 2.62. The molecule has 0 saturated carbocycles. The predicted molar refractivity (Wildman–Crippen MR) is 102 cm³/mol. The van der Waals surface area contributed by atoms with Crippen molar-refractivity contribution in [1.82, 2.24) is 4.98 Å². The summed E-state index contributed by atoms with van der Waals surface area (Å²) in [4.78, 5) is 16.7. The maximum absolute atomic E-state index is 12.5. The first kappa shape index (κ1) is 16.7. The minimum Gasteiger partial charge on any atom is -0.378 e. The van der Waals surface area contributed by atoms with Crippen molar-refractivity contribution in [3.8, 4) is 0 Å². The summed E-state index contributed by atoms with van der Waals surface area (Å²) in [5, 5.41) is 6.32. The minimum atomic E-state index is -0.217. The molecule has 0 aliphatic heterocycles. The van der Waals surface area contributed by atoms with Crippen LogP contribution in [-0.2, 0) is 0 Å². The average molecular weight is 331 g/mol. The molecule has 126 valence electrons. The van der Waals surface area contributed by atoms with Gasteiger partial charge in [-0.25, -0.2) is 0 Å². The number of aromatic nitrogens is 1. The molecule has 0 fully saturated rings. The molecule has 3 rings (SSSR count). The maximum atomic E-state index is 12.5. The Morgan fingerprint density at radius 2 is 1.72 bits per heavy atom. The molecule has 0 saturated heterocycles. The smallest absolute Gasteiger partial charge is 0.274 e. The van der Waals surface area contributed by atoms with Crippen molar-refractivity contribution in [2.24, 2.45) is 0 Å². The molecular weight excluding hydrogens is 310 g/mol. The molecular formula is C21H21N3O. The van der Waals surface area contributed by atoms with E-state index in [9.17, 15) is 4.79 Å². The van der Waals surface area contributed by atoms with Gasteiger partial charge in [-0.2, -0.15) is 0 Å². The third-order valence-electron chi connectivity index (χ3n) is 4.07. The van der Waals surface area contributed by atoms with E-state index < -0.39 is 0 Å². The van der Waals surface area contributed by atoms with E-state index >= 15 is 0 Å². The van der Waals surface area contributed by atoms with E-state index in [2.05, 4.69) is 34.7 Å². The Labute approximate surface area is 147 Å². The van der Waals surface area contributed by atoms with Crippen molar-refractivity contribution < 1.29 is 4.79 Å². The first-order valence-electron chi connectivity index (χ1n) is 8.28. The fourth-order valence-electron chi connectivity index (χ4n) is 2.62. The molecule has 0 radical (unpaired) electrons. The summed E-state index contributed by atoms with van der Waals surface area (Å²) in [5.41, 5.74) is 4.24. The SMILES string of the molecule is Cc1ccccc1NC(=O)c1cc(NC(C)c2ccccc2)ccn1. The van der Waals surface area contributed by atoms with Crippen molar-refractivity contribution >= 4 is 17.3 Å². The van der Waals surface area contributed by atoms with Gasteiger partial charge in [0, 0.05) is 23.6 Å². The van der Waals surface area contributed by atoms with Crippen LogP contribution in [0.25, 0.3) is 0 Å². The molecule has 4 nitrogen and oxygen atoms in total. The quantitative estimate of drug-likeness (QED) is 0.705. The highest BCUT2D eigenvalue weighted by molar-refractivity contribution is 6.03. The monoisotopic (exact) mass is 331 g/mol. The topological polar surface area (TPSA) is 54.0 Å². The Kier molecular flexibility index (Phi) is 5.09. The zero-order valence-electron chi connectivity index (χ0n) is 14.4. The van der Waals surface area contributed by atoms with E-state index in [1.54, 1.807) is 12.3 Å². The van der Waals surface area contributed by atoms with Crippen LogP contribution < -0.4 is 10.6 Å². The van der Waals surface area contributed by atoms with Crippen molar-refractivity contribution in [2.45, 2.75) is 19.9 Å². The number of carbonyl (C=O) groups excluding carboxylic acids is 1. The molecule has 0 bridgehead atoms. The minimum absolute atomic E-state index is 0.135. The average Bonchev–Trinajstić information content (AvgIpc) is 2.64. The number of hydrogen-bond donors (Lipinski definition) is 2. The summed E-state index contributed by atoms with van der Waals surface area (Å²) >= 11 is 0. The summed E-state index contributed by atoms with van der Waals surface area (Å²) < 4.78 is 0. The van der Waals surface area contributed by atoms with Gasteiger partial charge in [0.1, 0.15) is 5.69 Å². The predicted octanol–water partition coefficient (Wildman–Crippen LogP) is 4.82. The lowest BCUT2D eigenvalue weighted by Crippen LogP contribution is -2.15. The van der Waals surface area contributed by atoms with Crippen LogP contribution >= 0.6 is 0 Å². The van der Waals surface area contributed by atoms with Crippen molar-refractivity contribution in [2.75, 3.05) is 10.6 Å². The molecule has 25 heavy (non-hydrogen) atoms. The standard InChI is InChI=1S/C21H21N3O/c1-15-8-6-7-11-19(15)24-21(25)20-14-18(12-13-22-20)23-16(2)17-9-4-3-5-10-17/h3-14,16H,1-2H3,(H,22,23)(H,24,25). The second kappa shape index (κ2) is 7.62. The Balaban J connectivity index is 1.73. The van der Waals surface area contributed by atoms with Crippen LogP contribution in [0.5, 0.6) is 0 Å². The molecule has 1 aromatic heterocycles. The van der Waals surface area contributed by atoms with Gasteiger partial charge in [0.15, 0.2) is 0 Å². The van der Waals surface area contributed by atoms with Gasteiger partial charge in [0.05, 0.1) is 0 Å². The van der Waals surface area contributed by atoms with Crippen LogP contribution in [-0.4, -0.2) is 10.9 Å². The van der Waals surface area contributed by atoms with Gasteiger partial charge < -0.3 is 10.6 Å². The van der Waals surface area contributed by atoms with Crippen LogP contribution in [0.3, 0.4) is 0 Å². The van der Waals surface area contributed by atoms with Gasteiger partial charge in [-0.05, 0) is 43.2 Å². The molecule has 1 atom stereocenters. The number of amides is 1. The summed E-state index contributed by atoms with van der Waals surface area (Å²) in [7, 11) is 0. The van der Waals surface area contributed by atoms with Gasteiger partial charge in [-0.1, -0.05) is 48.5 Å². The number of para-hydroxylation sites is 1. The van der Waals surface area contributed by atoms with Gasteiger partial charge in [-0.3, -0.25) is 9.78 Å². The number of aryl methyl sites for hydroxylation is 1. The molecule has 1 amide bonds. The molecule has 1 heterocycles. The fraction of sp³-hybridized carbons (Fsp3) is 0.143. The van der Waals surface area contributed by atoms with Gasteiger partial charge in [-0.15, -0.1) is 0 Å². The number of nitrogens with one attached hydrogen (secondary N) is 2. The lowest BCUT2D eigenvalue weighted by Gasteiger charge is -2.16. The van der Waals surface area contributed by atoms with Crippen molar-refractivity contribution in [3.63, 3.8) is 0 Å². The van der Waals surface area contributed by atoms with Gasteiger partial charge >= 0.3 is 0 Å². The molecule has 0 spiro atoms. The highest BCUT2D eigenvalue weighted by atomic mass is 16.1. The van der Waals surface area contributed by atoms with Crippen LogP contribution in [0.4, 0.5) is 11.4 Å². The van der Waals surface area contributed by atoms with Gasteiger partial charge in [0.25, 0.3) is 5.91 Å². The van der Waals surface area contributed by atoms with Crippen LogP contribution in [0.1, 0.15) is 34.6 Å². The third-order valence-corrected chi connectivity index (χ3v) is 4.07. The molecule has 2 aromatic carbocycles. The summed E-state index contributed by atoms with van der Waals surface area (Å²) in [6.07, 6.45) is 1.65. The zero-order chi connectivity index (χ0) is 17.6. The van der Waals surface area contributed by atoms with E-state index in [-0.39, 0.29) is 11.9 Å². The number of benzene rings is 2. The first-order chi connectivity index (χ1) is 12.1. The normalized spacial score (nSPS) is 11.6. The molecule has 3 aromatic rings. The maximum Gasteiger partial charge on any atom is 0.274 e. The zero-order valence-corrected chi connectivity index (χ0v) is 14.4. The van der Waals surface area contributed by atoms with Crippen molar-refractivity contribution in [3.05, 3.63) is 89.7 Å². The van der Waals surface area contributed by atoms with E-state index in [4.69, 9.17) is 0 Å². The van der Waals surface area contributed by atoms with E-state index in [0.29, 0.717) is 5.69 Å². The number of anilines is 2. The number of rotatable bonds is 5. The van der Waals surface area contributed by atoms with Crippen LogP contribution in [0, 0.1) is 6.92 Å². The third kappa shape index (κ3) is 4.23. The molecule has 2 N–H and O–H groups in total. The Bertz CT molecular complexity index is 862. The second-order valence-corrected chi connectivity index (χ2v) is 5.98. The molecule has 0 aliphatic rings. The van der Waals surface area contributed by atoms with Crippen LogP contribution in [0.2, 0.25) is 0 Å². The van der Waals surface area contributed by atoms with E-state index in [0.717, 1.165) is 16.9 Å². The summed E-state index contributed by atoms with van der Waals surface area (Å²) in [5.74, 6) is -0.217. The molecule has 4 heteroatoms. The number of hydrogen-bond acceptors (Lipinski definition) is 3. The van der Waals surface area contributed by atoms with Crippen LogP contribution in [0.15, 0.2) is 72.9 Å². The lowest BCUT2D eigenvalue weighted by atomic mass is 10.1. The van der Waals surface area contributed by atoms with Gasteiger partial charge in [0.2, 0.25) is 0 Å². The lowest BCUT2D eigenvalue weighted by molar-refractivity contribution is 0.102. The Hall–Kier alpha value is -3.14. The molecule has 0 aliphatic carbocycles. The number of pyridine rings is 1.